The summed E-state index contributed by atoms with van der Waals surface area (Å²) in [6.07, 6.45) is 1.42. The molecule has 176 valence electrons. The lowest BCUT2D eigenvalue weighted by Crippen LogP contribution is -2.39. The van der Waals surface area contributed by atoms with Crippen molar-refractivity contribution in [2.45, 2.75) is 4.90 Å². The van der Waals surface area contributed by atoms with Crippen molar-refractivity contribution in [2.24, 2.45) is 5.10 Å². The molecule has 0 saturated heterocycles. The van der Waals surface area contributed by atoms with Crippen LogP contribution < -0.4 is 23.9 Å². The van der Waals surface area contributed by atoms with Gasteiger partial charge in [-0.1, -0.05) is 17.7 Å². The predicted octanol–water partition coefficient (Wildman–Crippen LogP) is 3.42. The molecule has 1 heterocycles. The number of carbonyl (C=O) groups excluding carboxylic acids is 1. The largest absolute Gasteiger partial charge is 0.497 e. The number of hydrogen-bond acceptors (Lipinski definition) is 7. The van der Waals surface area contributed by atoms with Crippen LogP contribution in [0.1, 0.15) is 5.56 Å². The van der Waals surface area contributed by atoms with Gasteiger partial charge in [-0.2, -0.15) is 5.10 Å². The fourth-order valence-corrected chi connectivity index (χ4v) is 4.76. The third kappa shape index (κ3) is 5.24. The summed E-state index contributed by atoms with van der Waals surface area (Å²) in [4.78, 5) is 12.6. The Hall–Kier alpha value is -3.76. The lowest BCUT2D eigenvalue weighted by molar-refractivity contribution is -0.119. The maximum Gasteiger partial charge on any atom is 0.264 e. The molecule has 0 fully saturated rings. The van der Waals surface area contributed by atoms with Crippen LogP contribution in [0.25, 0.3) is 0 Å². The van der Waals surface area contributed by atoms with E-state index < -0.39 is 22.5 Å². The van der Waals surface area contributed by atoms with Crippen molar-refractivity contribution in [3.05, 3.63) is 77.3 Å². The zero-order valence-corrected chi connectivity index (χ0v) is 19.5. The van der Waals surface area contributed by atoms with Gasteiger partial charge in [0.25, 0.3) is 15.9 Å². The number of rotatable bonds is 8. The molecule has 0 aliphatic carbocycles. The maximum absolute atomic E-state index is 13.4. The van der Waals surface area contributed by atoms with Gasteiger partial charge in [0.15, 0.2) is 11.5 Å². The van der Waals surface area contributed by atoms with Crippen molar-refractivity contribution in [2.75, 3.05) is 24.8 Å². The van der Waals surface area contributed by atoms with E-state index in [0.717, 1.165) is 4.31 Å². The van der Waals surface area contributed by atoms with Crippen molar-refractivity contribution in [3.8, 4) is 17.2 Å². The number of hydrogen-bond donors (Lipinski definition) is 1. The first-order valence-corrected chi connectivity index (χ1v) is 11.8. The first-order valence-electron chi connectivity index (χ1n) is 10.0. The minimum absolute atomic E-state index is 0.00932. The molecule has 0 bridgehead atoms. The quantitative estimate of drug-likeness (QED) is 0.374. The molecule has 3 aromatic rings. The fraction of sp³-hybridized carbons (Fsp3) is 0.130. The van der Waals surface area contributed by atoms with Gasteiger partial charge in [-0.3, -0.25) is 9.10 Å². The third-order valence-electron chi connectivity index (χ3n) is 4.83. The van der Waals surface area contributed by atoms with E-state index in [0.29, 0.717) is 27.8 Å². The number of amides is 1. The van der Waals surface area contributed by atoms with Gasteiger partial charge < -0.3 is 14.2 Å². The predicted molar refractivity (Wildman–Crippen MR) is 127 cm³/mol. The first kappa shape index (κ1) is 23.4. The van der Waals surface area contributed by atoms with Gasteiger partial charge >= 0.3 is 0 Å². The van der Waals surface area contributed by atoms with Crippen LogP contribution in [-0.2, 0) is 14.8 Å². The molecule has 9 nitrogen and oxygen atoms in total. The van der Waals surface area contributed by atoms with E-state index in [4.69, 9.17) is 25.8 Å². The van der Waals surface area contributed by atoms with Gasteiger partial charge in [-0.15, -0.1) is 0 Å². The molecule has 1 aliphatic heterocycles. The Morgan fingerprint density at radius 1 is 1.12 bits per heavy atom. The average Bonchev–Trinajstić information content (AvgIpc) is 3.30. The van der Waals surface area contributed by atoms with E-state index in [1.165, 1.54) is 43.7 Å². The van der Waals surface area contributed by atoms with Crippen molar-refractivity contribution >= 4 is 39.4 Å². The van der Waals surface area contributed by atoms with Crippen LogP contribution in [0.3, 0.4) is 0 Å². The summed E-state index contributed by atoms with van der Waals surface area (Å²) < 4.78 is 43.4. The highest BCUT2D eigenvalue weighted by Gasteiger charge is 2.27. The summed E-state index contributed by atoms with van der Waals surface area (Å²) in [7, 11) is -2.62. The molecular formula is C23H20ClN3O6S. The second-order valence-electron chi connectivity index (χ2n) is 7.07. The fourth-order valence-electron chi connectivity index (χ4n) is 3.16. The zero-order valence-electron chi connectivity index (χ0n) is 18.0. The first-order chi connectivity index (χ1) is 16.4. The number of methoxy groups -OCH3 is 1. The molecule has 1 aliphatic rings. The minimum atomic E-state index is -4.10. The lowest BCUT2D eigenvalue weighted by atomic mass is 10.2. The SMILES string of the molecule is COc1ccc(S(=O)(=O)N(CC(=O)N/N=C\c2ccc3c(c2)OCO3)c2cccc(Cl)c2)cc1. The number of fused-ring (bicyclic) bond motifs is 1. The van der Waals surface area contributed by atoms with Crippen molar-refractivity contribution in [1.29, 1.82) is 0 Å². The van der Waals surface area contributed by atoms with E-state index in [-0.39, 0.29) is 17.4 Å². The van der Waals surface area contributed by atoms with Gasteiger partial charge in [-0.25, -0.2) is 13.8 Å². The molecule has 0 radical (unpaired) electrons. The minimum Gasteiger partial charge on any atom is -0.497 e. The van der Waals surface area contributed by atoms with Crippen LogP contribution in [0.4, 0.5) is 5.69 Å². The van der Waals surface area contributed by atoms with E-state index in [1.54, 1.807) is 36.4 Å². The topological polar surface area (TPSA) is 107 Å². The normalized spacial score (nSPS) is 12.5. The number of nitrogens with zero attached hydrogens (tertiary/aromatic N) is 2. The number of halogens is 1. The highest BCUT2D eigenvalue weighted by atomic mass is 35.5. The lowest BCUT2D eigenvalue weighted by Gasteiger charge is -2.24. The molecule has 11 heteroatoms. The summed E-state index contributed by atoms with van der Waals surface area (Å²) in [5, 5.41) is 4.25. The van der Waals surface area contributed by atoms with Gasteiger partial charge in [-0.05, 0) is 66.2 Å². The molecule has 0 spiro atoms. The Morgan fingerprint density at radius 3 is 2.62 bits per heavy atom. The van der Waals surface area contributed by atoms with E-state index >= 15 is 0 Å². The molecule has 0 atom stereocenters. The summed E-state index contributed by atoms with van der Waals surface area (Å²) in [6, 6.07) is 17.3. The van der Waals surface area contributed by atoms with Crippen LogP contribution in [-0.4, -0.2) is 41.0 Å². The second kappa shape index (κ2) is 10.0. The molecule has 1 N–H and O–H groups in total. The maximum atomic E-state index is 13.4. The molecule has 0 unspecified atom stereocenters. The highest BCUT2D eigenvalue weighted by Crippen LogP contribution is 2.32. The van der Waals surface area contributed by atoms with Crippen LogP contribution >= 0.6 is 11.6 Å². The zero-order chi connectivity index (χ0) is 24.1. The highest BCUT2D eigenvalue weighted by molar-refractivity contribution is 7.92. The molecule has 3 aromatic carbocycles. The van der Waals surface area contributed by atoms with Crippen molar-refractivity contribution in [3.63, 3.8) is 0 Å². The molecule has 1 amide bonds. The monoisotopic (exact) mass is 501 g/mol. The number of ether oxygens (including phenoxy) is 3. The van der Waals surface area contributed by atoms with Gasteiger partial charge in [0.05, 0.1) is 23.9 Å². The summed E-state index contributed by atoms with van der Waals surface area (Å²) >= 11 is 6.07. The Bertz CT molecular complexity index is 1330. The summed E-state index contributed by atoms with van der Waals surface area (Å²) in [6.45, 7) is -0.373. The van der Waals surface area contributed by atoms with Gasteiger partial charge in [0.1, 0.15) is 12.3 Å². The standard InChI is InChI=1S/C23H20ClN3O6S/c1-31-19-6-8-20(9-7-19)34(29,30)27(18-4-2-3-17(24)12-18)14-23(28)26-25-13-16-5-10-21-22(11-16)33-15-32-21/h2-13H,14-15H2,1H3,(H,26,28)/b25-13-. The molecular weight excluding hydrogens is 482 g/mol. The van der Waals surface area contributed by atoms with Crippen molar-refractivity contribution < 1.29 is 27.4 Å². The number of sulfonamides is 1. The Balaban J connectivity index is 1.53. The molecule has 4 rings (SSSR count). The van der Waals surface area contributed by atoms with E-state index in [1.807, 2.05) is 0 Å². The van der Waals surface area contributed by atoms with E-state index in [9.17, 15) is 13.2 Å². The molecule has 34 heavy (non-hydrogen) atoms. The van der Waals surface area contributed by atoms with Crippen LogP contribution in [0.2, 0.25) is 5.02 Å². The van der Waals surface area contributed by atoms with Gasteiger partial charge in [0.2, 0.25) is 6.79 Å². The Kier molecular flexibility index (Phi) is 6.90. The number of carbonyl (C=O) groups is 1. The smallest absolute Gasteiger partial charge is 0.264 e. The van der Waals surface area contributed by atoms with Crippen molar-refractivity contribution in [1.82, 2.24) is 5.43 Å². The summed E-state index contributed by atoms with van der Waals surface area (Å²) in [5.41, 5.74) is 3.26. The Labute approximate surface area is 201 Å². The number of hydrazone groups is 1. The number of nitrogens with one attached hydrogen (secondary N) is 1. The van der Waals surface area contributed by atoms with E-state index in [2.05, 4.69) is 10.5 Å². The Morgan fingerprint density at radius 2 is 1.88 bits per heavy atom. The summed E-state index contributed by atoms with van der Waals surface area (Å²) in [5.74, 6) is 1.06. The van der Waals surface area contributed by atoms with Crippen LogP contribution in [0.15, 0.2) is 76.7 Å². The van der Waals surface area contributed by atoms with Crippen LogP contribution in [0.5, 0.6) is 17.2 Å². The average molecular weight is 502 g/mol. The van der Waals surface area contributed by atoms with Crippen LogP contribution in [0, 0.1) is 0 Å². The number of anilines is 1. The van der Waals surface area contributed by atoms with Gasteiger partial charge in [0, 0.05) is 5.02 Å². The molecule has 0 saturated carbocycles. The third-order valence-corrected chi connectivity index (χ3v) is 6.85. The molecule has 0 aromatic heterocycles. The second-order valence-corrected chi connectivity index (χ2v) is 9.37. The number of benzene rings is 3.